The standard InChI is InChI=1S/C20H24N4O/c1-25-19-4-2-3-15(11-19)14-24-9-7-17(8-10-24)22-18-5-6-20-16(12-18)13-21-23-20/h2-6,11-13,17,22H,7-10,14H2,1H3,(H,21,23). The number of piperidine rings is 1. The first-order chi connectivity index (χ1) is 12.3. The first-order valence-corrected chi connectivity index (χ1v) is 8.85. The van der Waals surface area contributed by atoms with Crippen molar-refractivity contribution >= 4 is 16.6 Å². The zero-order chi connectivity index (χ0) is 17.1. The average Bonchev–Trinajstić information content (AvgIpc) is 3.11. The van der Waals surface area contributed by atoms with Gasteiger partial charge in [0.15, 0.2) is 0 Å². The minimum Gasteiger partial charge on any atom is -0.497 e. The first-order valence-electron chi connectivity index (χ1n) is 8.85. The number of hydrogen-bond donors (Lipinski definition) is 2. The Balaban J connectivity index is 1.31. The van der Waals surface area contributed by atoms with Crippen LogP contribution in [0.3, 0.4) is 0 Å². The Morgan fingerprint density at radius 2 is 2.08 bits per heavy atom. The molecule has 130 valence electrons. The maximum Gasteiger partial charge on any atom is 0.119 e. The zero-order valence-electron chi connectivity index (χ0n) is 14.5. The summed E-state index contributed by atoms with van der Waals surface area (Å²) in [5.41, 5.74) is 3.58. The number of nitrogens with one attached hydrogen (secondary N) is 2. The molecule has 2 heterocycles. The number of aromatic nitrogens is 2. The van der Waals surface area contributed by atoms with Gasteiger partial charge in [-0.15, -0.1) is 0 Å². The zero-order valence-corrected chi connectivity index (χ0v) is 14.5. The van der Waals surface area contributed by atoms with Crippen LogP contribution in [0.1, 0.15) is 18.4 Å². The van der Waals surface area contributed by atoms with Crippen molar-refractivity contribution in [3.8, 4) is 5.75 Å². The Kier molecular flexibility index (Phi) is 4.57. The lowest BCUT2D eigenvalue weighted by atomic mass is 10.0. The monoisotopic (exact) mass is 336 g/mol. The molecule has 4 rings (SSSR count). The van der Waals surface area contributed by atoms with Gasteiger partial charge in [-0.05, 0) is 48.7 Å². The van der Waals surface area contributed by atoms with Crippen LogP contribution in [0.5, 0.6) is 5.75 Å². The van der Waals surface area contributed by atoms with Crippen molar-refractivity contribution in [3.05, 3.63) is 54.2 Å². The van der Waals surface area contributed by atoms with Gasteiger partial charge in [0.2, 0.25) is 0 Å². The van der Waals surface area contributed by atoms with E-state index in [1.165, 1.54) is 11.3 Å². The molecule has 25 heavy (non-hydrogen) atoms. The van der Waals surface area contributed by atoms with Crippen LogP contribution in [0.4, 0.5) is 5.69 Å². The second-order valence-electron chi connectivity index (χ2n) is 6.72. The Hall–Kier alpha value is -2.53. The normalized spacial score (nSPS) is 16.2. The number of H-pyrrole nitrogens is 1. The molecule has 0 aliphatic carbocycles. The van der Waals surface area contributed by atoms with Crippen LogP contribution in [0, 0.1) is 0 Å². The fraction of sp³-hybridized carbons (Fsp3) is 0.350. The van der Waals surface area contributed by atoms with Gasteiger partial charge >= 0.3 is 0 Å². The van der Waals surface area contributed by atoms with E-state index in [1.807, 2.05) is 12.3 Å². The molecule has 2 aromatic carbocycles. The molecular weight excluding hydrogens is 312 g/mol. The van der Waals surface area contributed by atoms with Gasteiger partial charge in [0.05, 0.1) is 18.8 Å². The summed E-state index contributed by atoms with van der Waals surface area (Å²) in [6.07, 6.45) is 4.19. The largest absolute Gasteiger partial charge is 0.497 e. The Morgan fingerprint density at radius 1 is 1.20 bits per heavy atom. The summed E-state index contributed by atoms with van der Waals surface area (Å²) in [5, 5.41) is 11.9. The van der Waals surface area contributed by atoms with Gasteiger partial charge in [0.25, 0.3) is 0 Å². The van der Waals surface area contributed by atoms with Gasteiger partial charge in [-0.1, -0.05) is 12.1 Å². The summed E-state index contributed by atoms with van der Waals surface area (Å²) < 4.78 is 5.32. The minimum absolute atomic E-state index is 0.533. The van der Waals surface area contributed by atoms with Crippen molar-refractivity contribution in [1.82, 2.24) is 15.1 Å². The summed E-state index contributed by atoms with van der Waals surface area (Å²) in [6, 6.07) is 15.3. The summed E-state index contributed by atoms with van der Waals surface area (Å²) in [7, 11) is 1.72. The van der Waals surface area contributed by atoms with Crippen LogP contribution in [0.15, 0.2) is 48.7 Å². The van der Waals surface area contributed by atoms with Crippen molar-refractivity contribution in [1.29, 1.82) is 0 Å². The average molecular weight is 336 g/mol. The molecule has 0 radical (unpaired) electrons. The fourth-order valence-electron chi connectivity index (χ4n) is 3.53. The van der Waals surface area contributed by atoms with Crippen LogP contribution in [0.2, 0.25) is 0 Å². The third-order valence-corrected chi connectivity index (χ3v) is 4.94. The van der Waals surface area contributed by atoms with E-state index in [1.54, 1.807) is 7.11 Å². The highest BCUT2D eigenvalue weighted by atomic mass is 16.5. The third kappa shape index (κ3) is 3.77. The van der Waals surface area contributed by atoms with Crippen LogP contribution < -0.4 is 10.1 Å². The lowest BCUT2D eigenvalue weighted by Gasteiger charge is -2.33. The number of aromatic amines is 1. The van der Waals surface area contributed by atoms with E-state index in [2.05, 4.69) is 56.8 Å². The van der Waals surface area contributed by atoms with Gasteiger partial charge in [-0.2, -0.15) is 5.10 Å². The van der Waals surface area contributed by atoms with Crippen molar-refractivity contribution in [3.63, 3.8) is 0 Å². The van der Waals surface area contributed by atoms with Crippen LogP contribution >= 0.6 is 0 Å². The quantitative estimate of drug-likeness (QED) is 0.747. The number of anilines is 1. The molecular formula is C20H24N4O. The van der Waals surface area contributed by atoms with Crippen molar-refractivity contribution in [2.75, 3.05) is 25.5 Å². The van der Waals surface area contributed by atoms with Gasteiger partial charge in [-0.3, -0.25) is 10.00 Å². The summed E-state index contributed by atoms with van der Waals surface area (Å²) >= 11 is 0. The van der Waals surface area contributed by atoms with E-state index in [-0.39, 0.29) is 0 Å². The molecule has 0 spiro atoms. The van der Waals surface area contributed by atoms with E-state index in [0.29, 0.717) is 6.04 Å². The predicted molar refractivity (Wildman–Crippen MR) is 101 cm³/mol. The van der Waals surface area contributed by atoms with Gasteiger partial charge in [-0.25, -0.2) is 0 Å². The molecule has 0 amide bonds. The predicted octanol–water partition coefficient (Wildman–Crippen LogP) is 3.65. The second-order valence-corrected chi connectivity index (χ2v) is 6.72. The molecule has 5 heteroatoms. The summed E-state index contributed by atoms with van der Waals surface area (Å²) in [4.78, 5) is 2.52. The Morgan fingerprint density at radius 3 is 2.92 bits per heavy atom. The third-order valence-electron chi connectivity index (χ3n) is 4.94. The molecule has 3 aromatic rings. The molecule has 2 N–H and O–H groups in total. The number of likely N-dealkylation sites (tertiary alicyclic amines) is 1. The maximum absolute atomic E-state index is 5.32. The summed E-state index contributed by atoms with van der Waals surface area (Å²) in [5.74, 6) is 0.934. The van der Waals surface area contributed by atoms with E-state index in [0.717, 1.165) is 49.1 Å². The molecule has 0 saturated carbocycles. The number of fused-ring (bicyclic) bond motifs is 1. The van der Waals surface area contributed by atoms with Crippen molar-refractivity contribution in [2.45, 2.75) is 25.4 Å². The van der Waals surface area contributed by atoms with Gasteiger partial charge in [0, 0.05) is 36.7 Å². The van der Waals surface area contributed by atoms with E-state index in [9.17, 15) is 0 Å². The van der Waals surface area contributed by atoms with Gasteiger partial charge < -0.3 is 10.1 Å². The first kappa shape index (κ1) is 16.0. The van der Waals surface area contributed by atoms with Crippen LogP contribution in [0.25, 0.3) is 10.9 Å². The molecule has 5 nitrogen and oxygen atoms in total. The van der Waals surface area contributed by atoms with Crippen LogP contribution in [-0.2, 0) is 6.54 Å². The molecule has 1 aromatic heterocycles. The smallest absolute Gasteiger partial charge is 0.119 e. The number of hydrogen-bond acceptors (Lipinski definition) is 4. The lowest BCUT2D eigenvalue weighted by Crippen LogP contribution is -2.38. The maximum atomic E-state index is 5.32. The van der Waals surface area contributed by atoms with E-state index in [4.69, 9.17) is 4.74 Å². The molecule has 1 aliphatic heterocycles. The second kappa shape index (κ2) is 7.15. The molecule has 1 aliphatic rings. The van der Waals surface area contributed by atoms with Crippen molar-refractivity contribution in [2.24, 2.45) is 0 Å². The highest BCUT2D eigenvalue weighted by Crippen LogP contribution is 2.22. The Labute approximate surface area is 148 Å². The van der Waals surface area contributed by atoms with E-state index >= 15 is 0 Å². The summed E-state index contributed by atoms with van der Waals surface area (Å²) in [6.45, 7) is 3.22. The van der Waals surface area contributed by atoms with Crippen LogP contribution in [-0.4, -0.2) is 41.3 Å². The topological polar surface area (TPSA) is 53.2 Å². The number of ether oxygens (including phenoxy) is 1. The lowest BCUT2D eigenvalue weighted by molar-refractivity contribution is 0.211. The minimum atomic E-state index is 0.533. The Bertz CT molecular complexity index is 836. The SMILES string of the molecule is COc1cccc(CN2CCC(Nc3ccc4[nH]ncc4c3)CC2)c1. The highest BCUT2D eigenvalue weighted by molar-refractivity contribution is 5.81. The highest BCUT2D eigenvalue weighted by Gasteiger charge is 2.19. The number of methoxy groups -OCH3 is 1. The van der Waals surface area contributed by atoms with E-state index < -0.39 is 0 Å². The number of benzene rings is 2. The van der Waals surface area contributed by atoms with Crippen molar-refractivity contribution < 1.29 is 4.74 Å². The molecule has 0 unspecified atom stereocenters. The molecule has 1 fully saturated rings. The fourth-order valence-corrected chi connectivity index (χ4v) is 3.53. The molecule has 0 bridgehead atoms. The number of rotatable bonds is 5. The van der Waals surface area contributed by atoms with Gasteiger partial charge in [0.1, 0.15) is 5.75 Å². The number of nitrogens with zero attached hydrogens (tertiary/aromatic N) is 2. The molecule has 0 atom stereocenters. The molecule has 1 saturated heterocycles.